The lowest BCUT2D eigenvalue weighted by Crippen LogP contribution is -2.51. The van der Waals surface area contributed by atoms with Crippen LogP contribution < -0.4 is 10.6 Å². The Morgan fingerprint density at radius 3 is 2.50 bits per heavy atom. The zero-order chi connectivity index (χ0) is 21.1. The largest absolute Gasteiger partial charge is 0.347 e. The number of fused-ring (bicyclic) bond motifs is 2. The first-order valence-electron chi connectivity index (χ1n) is 11.4. The van der Waals surface area contributed by atoms with Crippen LogP contribution in [-0.2, 0) is 16.0 Å². The van der Waals surface area contributed by atoms with Gasteiger partial charge in [0.25, 0.3) is 0 Å². The fourth-order valence-corrected chi connectivity index (χ4v) is 5.45. The molecule has 1 aliphatic carbocycles. The van der Waals surface area contributed by atoms with E-state index in [-0.39, 0.29) is 23.9 Å². The monoisotopic (exact) mass is 410 g/mol. The summed E-state index contributed by atoms with van der Waals surface area (Å²) in [6.07, 6.45) is 8.14. The van der Waals surface area contributed by atoms with Crippen LogP contribution in [0.3, 0.4) is 0 Å². The van der Waals surface area contributed by atoms with E-state index in [4.69, 9.17) is 0 Å². The highest BCUT2D eigenvalue weighted by molar-refractivity contribution is 5.86. The molecule has 6 heteroatoms. The average Bonchev–Trinajstić information content (AvgIpc) is 3.38. The fourth-order valence-electron chi connectivity index (χ4n) is 5.45. The number of nitrogens with zero attached hydrogens (tertiary/aromatic N) is 2. The molecule has 4 unspecified atom stereocenters. The number of nitrogens with one attached hydrogen (secondary N) is 2. The quantitative estimate of drug-likeness (QED) is 0.707. The smallest absolute Gasteiger partial charge is 0.237 e. The van der Waals surface area contributed by atoms with Crippen molar-refractivity contribution in [1.29, 1.82) is 0 Å². The van der Waals surface area contributed by atoms with Gasteiger partial charge < -0.3 is 15.5 Å². The molecule has 0 radical (unpaired) electrons. The molecule has 2 N–H and O–H groups in total. The third-order valence-electron chi connectivity index (χ3n) is 7.15. The second-order valence-corrected chi connectivity index (χ2v) is 9.16. The Balaban J connectivity index is 1.32. The lowest BCUT2D eigenvalue weighted by Gasteiger charge is -2.31. The van der Waals surface area contributed by atoms with Gasteiger partial charge in [0, 0.05) is 39.3 Å². The first kappa shape index (κ1) is 21.0. The molecule has 2 heterocycles. The van der Waals surface area contributed by atoms with E-state index in [1.54, 1.807) is 14.0 Å². The highest BCUT2D eigenvalue weighted by atomic mass is 16.2. The summed E-state index contributed by atoms with van der Waals surface area (Å²) in [7, 11) is 1.76. The van der Waals surface area contributed by atoms with Gasteiger partial charge in [-0.2, -0.15) is 0 Å². The van der Waals surface area contributed by atoms with Crippen molar-refractivity contribution in [2.75, 3.05) is 20.1 Å². The van der Waals surface area contributed by atoms with Crippen LogP contribution in [0.2, 0.25) is 0 Å². The Labute approximate surface area is 179 Å². The lowest BCUT2D eigenvalue weighted by atomic mass is 9.88. The van der Waals surface area contributed by atoms with E-state index in [9.17, 15) is 9.59 Å². The van der Waals surface area contributed by atoms with Crippen molar-refractivity contribution in [3.05, 3.63) is 35.4 Å². The topological polar surface area (TPSA) is 73.8 Å². The number of hydrogen-bond donors (Lipinski definition) is 2. The van der Waals surface area contributed by atoms with Gasteiger partial charge in [-0.25, -0.2) is 0 Å². The number of hydrogen-bond acceptors (Lipinski definition) is 4. The number of piperidine rings is 2. The van der Waals surface area contributed by atoms with Crippen LogP contribution in [0.5, 0.6) is 0 Å². The summed E-state index contributed by atoms with van der Waals surface area (Å²) in [4.78, 5) is 30.4. The van der Waals surface area contributed by atoms with Crippen LogP contribution in [0.4, 0.5) is 0 Å². The number of aliphatic imine (C=N–C) groups is 1. The molecule has 2 aliphatic heterocycles. The second kappa shape index (κ2) is 9.29. The van der Waals surface area contributed by atoms with Crippen molar-refractivity contribution in [3.63, 3.8) is 0 Å². The van der Waals surface area contributed by atoms with Crippen molar-refractivity contribution < 1.29 is 9.59 Å². The van der Waals surface area contributed by atoms with E-state index in [1.165, 1.54) is 17.5 Å². The number of likely N-dealkylation sites (tertiary alicyclic amines) is 1. The summed E-state index contributed by atoms with van der Waals surface area (Å²) in [6, 6.07) is 9.16. The molecule has 1 aromatic carbocycles. The highest BCUT2D eigenvalue weighted by Gasteiger charge is 2.42. The SMILES string of the molecule is CN=CC(Cc1ccc(C2CCN(C(C)=O)CC2)cc1)NC(=O)C1NC2CCC1C2. The summed E-state index contributed by atoms with van der Waals surface area (Å²) in [5.41, 5.74) is 2.55. The molecule has 4 atom stereocenters. The third kappa shape index (κ3) is 4.75. The predicted octanol–water partition coefficient (Wildman–Crippen LogP) is 2.28. The van der Waals surface area contributed by atoms with Crippen LogP contribution in [0.1, 0.15) is 56.1 Å². The molecule has 3 fully saturated rings. The van der Waals surface area contributed by atoms with E-state index < -0.39 is 0 Å². The number of benzene rings is 1. The summed E-state index contributed by atoms with van der Waals surface area (Å²) in [5, 5.41) is 6.67. The van der Waals surface area contributed by atoms with Gasteiger partial charge in [-0.15, -0.1) is 0 Å². The van der Waals surface area contributed by atoms with Gasteiger partial charge >= 0.3 is 0 Å². The van der Waals surface area contributed by atoms with Gasteiger partial charge in [0.1, 0.15) is 0 Å². The minimum absolute atomic E-state index is 0.0419. The molecular formula is C24H34N4O2. The minimum atomic E-state index is -0.0897. The maximum Gasteiger partial charge on any atom is 0.237 e. The van der Waals surface area contributed by atoms with Gasteiger partial charge in [-0.1, -0.05) is 24.3 Å². The zero-order valence-corrected chi connectivity index (χ0v) is 18.1. The van der Waals surface area contributed by atoms with Crippen molar-refractivity contribution in [2.24, 2.45) is 10.9 Å². The molecule has 6 nitrogen and oxygen atoms in total. The van der Waals surface area contributed by atoms with E-state index >= 15 is 0 Å². The average molecular weight is 411 g/mol. The Morgan fingerprint density at radius 2 is 1.93 bits per heavy atom. The minimum Gasteiger partial charge on any atom is -0.347 e. The first-order valence-corrected chi connectivity index (χ1v) is 11.4. The van der Waals surface area contributed by atoms with Crippen LogP contribution in [0.15, 0.2) is 29.3 Å². The Morgan fingerprint density at radius 1 is 1.20 bits per heavy atom. The van der Waals surface area contributed by atoms with Gasteiger partial charge in [-0.05, 0) is 61.5 Å². The van der Waals surface area contributed by atoms with Crippen molar-refractivity contribution in [1.82, 2.24) is 15.5 Å². The molecular weight excluding hydrogens is 376 g/mol. The van der Waals surface area contributed by atoms with Gasteiger partial charge in [0.2, 0.25) is 11.8 Å². The molecule has 2 bridgehead atoms. The maximum atomic E-state index is 12.8. The van der Waals surface area contributed by atoms with Crippen LogP contribution in [0, 0.1) is 5.92 Å². The highest BCUT2D eigenvalue weighted by Crippen LogP contribution is 2.35. The number of rotatable bonds is 6. The van der Waals surface area contributed by atoms with Crippen molar-refractivity contribution >= 4 is 18.0 Å². The van der Waals surface area contributed by atoms with Gasteiger partial charge in [0.05, 0.1) is 12.1 Å². The lowest BCUT2D eigenvalue weighted by molar-refractivity contribution is -0.129. The number of amides is 2. The summed E-state index contributed by atoms with van der Waals surface area (Å²) in [5.74, 6) is 1.30. The number of carbonyl (C=O) groups is 2. The maximum absolute atomic E-state index is 12.8. The van der Waals surface area contributed by atoms with Gasteiger partial charge in [0.15, 0.2) is 0 Å². The molecule has 30 heavy (non-hydrogen) atoms. The molecule has 1 aromatic rings. The van der Waals surface area contributed by atoms with Crippen LogP contribution in [0.25, 0.3) is 0 Å². The molecule has 2 saturated heterocycles. The predicted molar refractivity (Wildman–Crippen MR) is 119 cm³/mol. The van der Waals surface area contributed by atoms with E-state index in [1.807, 2.05) is 11.1 Å². The Bertz CT molecular complexity index is 783. The molecule has 2 amide bonds. The molecule has 1 saturated carbocycles. The van der Waals surface area contributed by atoms with E-state index in [0.29, 0.717) is 17.9 Å². The normalized spacial score (nSPS) is 27.5. The van der Waals surface area contributed by atoms with Crippen molar-refractivity contribution in [2.45, 2.75) is 69.5 Å². The standard InChI is InChI=1S/C24H34N4O2/c1-16(29)28-11-9-19(10-12-28)18-5-3-17(4-6-18)13-22(15-25-2)27-24(30)23-20-7-8-21(14-20)26-23/h3-6,15,19-23,26H,7-14H2,1-2H3,(H,27,30). The van der Waals surface area contributed by atoms with Gasteiger partial charge in [-0.3, -0.25) is 14.6 Å². The zero-order valence-electron chi connectivity index (χ0n) is 18.1. The molecule has 4 rings (SSSR count). The second-order valence-electron chi connectivity index (χ2n) is 9.16. The Kier molecular flexibility index (Phi) is 6.52. The number of carbonyl (C=O) groups excluding carboxylic acids is 2. The summed E-state index contributed by atoms with van der Waals surface area (Å²) >= 11 is 0. The fraction of sp³-hybridized carbons (Fsp3) is 0.625. The molecule has 162 valence electrons. The van der Waals surface area contributed by atoms with E-state index in [2.05, 4.69) is 39.9 Å². The first-order chi connectivity index (χ1) is 14.5. The van der Waals surface area contributed by atoms with E-state index in [0.717, 1.165) is 45.2 Å². The Hall–Kier alpha value is -2.21. The third-order valence-corrected chi connectivity index (χ3v) is 7.15. The summed E-state index contributed by atoms with van der Waals surface area (Å²) < 4.78 is 0. The van der Waals surface area contributed by atoms with Crippen LogP contribution in [-0.4, -0.2) is 61.2 Å². The molecule has 0 spiro atoms. The molecule has 3 aliphatic rings. The van der Waals surface area contributed by atoms with Crippen LogP contribution >= 0.6 is 0 Å². The summed E-state index contributed by atoms with van der Waals surface area (Å²) in [6.45, 7) is 3.34. The molecule has 0 aromatic heterocycles. The van der Waals surface area contributed by atoms with Crippen molar-refractivity contribution in [3.8, 4) is 0 Å².